The Kier molecular flexibility index (Phi) is 5.90. The molecular formula is C20H23N3O4. The lowest BCUT2D eigenvalue weighted by molar-refractivity contribution is -0.135. The van der Waals surface area contributed by atoms with Crippen LogP contribution in [0.1, 0.15) is 29.5 Å². The summed E-state index contributed by atoms with van der Waals surface area (Å²) in [4.78, 5) is 40.1. The first kappa shape index (κ1) is 18.7. The molecule has 0 unspecified atom stereocenters. The van der Waals surface area contributed by atoms with Gasteiger partial charge in [0.1, 0.15) is 6.42 Å². The fourth-order valence-electron chi connectivity index (χ4n) is 3.11. The zero-order valence-electron chi connectivity index (χ0n) is 15.3. The molecule has 7 heteroatoms. The van der Waals surface area contributed by atoms with Crippen molar-refractivity contribution in [3.63, 3.8) is 0 Å². The van der Waals surface area contributed by atoms with E-state index in [1.165, 1.54) is 6.26 Å². The highest BCUT2D eigenvalue weighted by molar-refractivity contribution is 6.04. The molecule has 1 aromatic heterocycles. The second-order valence-corrected chi connectivity index (χ2v) is 6.39. The van der Waals surface area contributed by atoms with Crippen molar-refractivity contribution in [3.05, 3.63) is 54.0 Å². The van der Waals surface area contributed by atoms with E-state index >= 15 is 0 Å². The van der Waals surface area contributed by atoms with Gasteiger partial charge in [0.25, 0.3) is 5.91 Å². The van der Waals surface area contributed by atoms with Crippen LogP contribution < -0.4 is 5.32 Å². The summed E-state index contributed by atoms with van der Waals surface area (Å²) in [6, 6.07) is 10.8. The van der Waals surface area contributed by atoms with Crippen LogP contribution in [0.4, 0.5) is 5.69 Å². The van der Waals surface area contributed by atoms with E-state index in [0.29, 0.717) is 31.9 Å². The molecule has 0 saturated carbocycles. The van der Waals surface area contributed by atoms with Crippen molar-refractivity contribution >= 4 is 23.4 Å². The van der Waals surface area contributed by atoms with Crippen LogP contribution in [-0.4, -0.2) is 53.7 Å². The third kappa shape index (κ3) is 4.55. The zero-order chi connectivity index (χ0) is 19.2. The molecule has 0 atom stereocenters. The summed E-state index contributed by atoms with van der Waals surface area (Å²) >= 11 is 0. The van der Waals surface area contributed by atoms with Gasteiger partial charge in [-0.05, 0) is 30.2 Å². The Morgan fingerprint density at radius 3 is 2.37 bits per heavy atom. The molecule has 1 fully saturated rings. The lowest BCUT2D eigenvalue weighted by Crippen LogP contribution is -2.51. The van der Waals surface area contributed by atoms with Crippen molar-refractivity contribution in [2.45, 2.75) is 19.8 Å². The van der Waals surface area contributed by atoms with Crippen LogP contribution in [0.3, 0.4) is 0 Å². The van der Waals surface area contributed by atoms with Crippen LogP contribution in [0, 0.1) is 0 Å². The molecule has 2 aromatic rings. The lowest BCUT2D eigenvalue weighted by Gasteiger charge is -2.34. The van der Waals surface area contributed by atoms with Gasteiger partial charge in [-0.3, -0.25) is 14.4 Å². The number of carbonyl (C=O) groups is 3. The normalized spacial score (nSPS) is 14.1. The van der Waals surface area contributed by atoms with Crippen molar-refractivity contribution in [1.29, 1.82) is 0 Å². The van der Waals surface area contributed by atoms with Gasteiger partial charge >= 0.3 is 0 Å². The number of piperazine rings is 1. The van der Waals surface area contributed by atoms with Gasteiger partial charge in [-0.25, -0.2) is 0 Å². The van der Waals surface area contributed by atoms with Crippen molar-refractivity contribution in [2.24, 2.45) is 0 Å². The minimum Gasteiger partial charge on any atom is -0.459 e. The summed E-state index contributed by atoms with van der Waals surface area (Å²) in [5, 5.41) is 2.81. The summed E-state index contributed by atoms with van der Waals surface area (Å²) in [5.74, 6) is -0.439. The summed E-state index contributed by atoms with van der Waals surface area (Å²) in [5.41, 5.74) is 1.77. The molecule has 1 aromatic carbocycles. The maximum atomic E-state index is 12.4. The monoisotopic (exact) mass is 369 g/mol. The number of rotatable bonds is 5. The number of anilines is 1. The lowest BCUT2D eigenvalue weighted by atomic mass is 10.1. The maximum Gasteiger partial charge on any atom is 0.289 e. The van der Waals surface area contributed by atoms with Crippen LogP contribution in [0.2, 0.25) is 0 Å². The number of furan rings is 1. The third-order valence-corrected chi connectivity index (χ3v) is 4.64. The van der Waals surface area contributed by atoms with E-state index in [4.69, 9.17) is 4.42 Å². The van der Waals surface area contributed by atoms with Crippen molar-refractivity contribution in [2.75, 3.05) is 31.5 Å². The number of para-hydroxylation sites is 1. The van der Waals surface area contributed by atoms with Gasteiger partial charge in [-0.2, -0.15) is 0 Å². The van der Waals surface area contributed by atoms with Gasteiger partial charge in [0.05, 0.1) is 6.26 Å². The Bertz CT molecular complexity index is 808. The Balaban J connectivity index is 1.49. The fourth-order valence-corrected chi connectivity index (χ4v) is 3.11. The predicted octanol–water partition coefficient (Wildman–Crippen LogP) is 2.16. The molecule has 142 valence electrons. The van der Waals surface area contributed by atoms with E-state index < -0.39 is 0 Å². The first-order chi connectivity index (χ1) is 13.1. The third-order valence-electron chi connectivity index (χ3n) is 4.64. The molecule has 1 saturated heterocycles. The van der Waals surface area contributed by atoms with Gasteiger partial charge in [0.15, 0.2) is 5.76 Å². The number of hydrogen-bond donors (Lipinski definition) is 1. The highest BCUT2D eigenvalue weighted by atomic mass is 16.3. The van der Waals surface area contributed by atoms with Crippen LogP contribution in [-0.2, 0) is 16.0 Å². The molecule has 1 aliphatic rings. The molecule has 0 radical (unpaired) electrons. The van der Waals surface area contributed by atoms with Crippen molar-refractivity contribution < 1.29 is 18.8 Å². The van der Waals surface area contributed by atoms with E-state index in [2.05, 4.69) is 5.32 Å². The topological polar surface area (TPSA) is 82.9 Å². The van der Waals surface area contributed by atoms with Gasteiger partial charge in [0, 0.05) is 31.9 Å². The summed E-state index contributed by atoms with van der Waals surface area (Å²) < 4.78 is 5.13. The van der Waals surface area contributed by atoms with E-state index in [9.17, 15) is 14.4 Å². The smallest absolute Gasteiger partial charge is 0.289 e. The van der Waals surface area contributed by atoms with E-state index in [0.717, 1.165) is 17.7 Å². The highest BCUT2D eigenvalue weighted by Crippen LogP contribution is 2.16. The molecule has 1 N–H and O–H groups in total. The SMILES string of the molecule is CCc1ccccc1NC(=O)CC(=O)N1CCN(C(=O)c2ccco2)CC1. The zero-order valence-corrected chi connectivity index (χ0v) is 15.3. The molecule has 3 amide bonds. The van der Waals surface area contributed by atoms with Gasteiger partial charge in [-0.15, -0.1) is 0 Å². The number of carbonyl (C=O) groups excluding carboxylic acids is 3. The Morgan fingerprint density at radius 2 is 1.70 bits per heavy atom. The van der Waals surface area contributed by atoms with Gasteiger partial charge in [0.2, 0.25) is 11.8 Å². The number of hydrogen-bond acceptors (Lipinski definition) is 4. The van der Waals surface area contributed by atoms with Crippen molar-refractivity contribution in [3.8, 4) is 0 Å². The first-order valence-electron chi connectivity index (χ1n) is 9.06. The molecule has 2 heterocycles. The Labute approximate surface area is 157 Å². The fraction of sp³-hybridized carbons (Fsp3) is 0.350. The molecule has 0 bridgehead atoms. The average molecular weight is 369 g/mol. The molecule has 1 aliphatic heterocycles. The number of aryl methyl sites for hydroxylation is 1. The second kappa shape index (κ2) is 8.53. The number of nitrogens with zero attached hydrogens (tertiary/aromatic N) is 2. The summed E-state index contributed by atoms with van der Waals surface area (Å²) in [6.45, 7) is 3.67. The van der Waals surface area contributed by atoms with Crippen LogP contribution in [0.5, 0.6) is 0 Å². The molecule has 7 nitrogen and oxygen atoms in total. The van der Waals surface area contributed by atoms with Gasteiger partial charge < -0.3 is 19.5 Å². The standard InChI is InChI=1S/C20H23N3O4/c1-2-15-6-3-4-7-16(15)21-18(24)14-19(25)22-9-11-23(12-10-22)20(26)17-8-5-13-27-17/h3-8,13H,2,9-12,14H2,1H3,(H,21,24). The Hall–Kier alpha value is -3.09. The minimum atomic E-state index is -0.324. The maximum absolute atomic E-state index is 12.4. The molecular weight excluding hydrogens is 346 g/mol. The molecule has 3 rings (SSSR count). The summed E-state index contributed by atoms with van der Waals surface area (Å²) in [7, 11) is 0. The molecule has 0 aliphatic carbocycles. The van der Waals surface area contributed by atoms with Crippen molar-refractivity contribution in [1.82, 2.24) is 9.80 Å². The van der Waals surface area contributed by atoms with E-state index in [1.54, 1.807) is 21.9 Å². The largest absolute Gasteiger partial charge is 0.459 e. The van der Waals surface area contributed by atoms with Gasteiger partial charge in [-0.1, -0.05) is 25.1 Å². The summed E-state index contributed by atoms with van der Waals surface area (Å²) in [6.07, 6.45) is 2.06. The second-order valence-electron chi connectivity index (χ2n) is 6.39. The minimum absolute atomic E-state index is 0.180. The first-order valence-corrected chi connectivity index (χ1v) is 9.06. The van der Waals surface area contributed by atoms with E-state index in [1.807, 2.05) is 31.2 Å². The predicted molar refractivity (Wildman–Crippen MR) is 100 cm³/mol. The quantitative estimate of drug-likeness (QED) is 0.819. The number of benzene rings is 1. The van der Waals surface area contributed by atoms with Crippen LogP contribution >= 0.6 is 0 Å². The number of nitrogens with one attached hydrogen (secondary N) is 1. The number of amides is 3. The van der Waals surface area contributed by atoms with Crippen LogP contribution in [0.15, 0.2) is 47.1 Å². The van der Waals surface area contributed by atoms with E-state index in [-0.39, 0.29) is 24.1 Å². The average Bonchev–Trinajstić information content (AvgIpc) is 3.22. The molecule has 0 spiro atoms. The molecule has 27 heavy (non-hydrogen) atoms. The van der Waals surface area contributed by atoms with Crippen LogP contribution in [0.25, 0.3) is 0 Å². The Morgan fingerprint density at radius 1 is 1.00 bits per heavy atom. The highest BCUT2D eigenvalue weighted by Gasteiger charge is 2.26.